The monoisotopic (exact) mass is 373 g/mol. The van der Waals surface area contributed by atoms with Gasteiger partial charge >= 0.3 is 11.9 Å². The molecule has 0 aromatic carbocycles. The number of hydrogen-bond donors (Lipinski definition) is 3. The molecule has 1 saturated heterocycles. The molecule has 0 aliphatic carbocycles. The van der Waals surface area contributed by atoms with Gasteiger partial charge in [0.2, 0.25) is 0 Å². The van der Waals surface area contributed by atoms with Gasteiger partial charge in [0.25, 0.3) is 0 Å². The van der Waals surface area contributed by atoms with Gasteiger partial charge in [-0.1, -0.05) is 0 Å². The van der Waals surface area contributed by atoms with Crippen molar-refractivity contribution in [2.45, 2.75) is 90.3 Å². The molecule has 0 aromatic heterocycles. The van der Waals surface area contributed by atoms with Gasteiger partial charge in [-0.25, -0.2) is 0 Å². The molecule has 0 aromatic rings. The summed E-state index contributed by atoms with van der Waals surface area (Å²) in [5.74, 6) is -2.39. The van der Waals surface area contributed by atoms with Gasteiger partial charge in [-0.2, -0.15) is 5.06 Å². The van der Waals surface area contributed by atoms with Crippen LogP contribution in [0.25, 0.3) is 0 Å². The minimum atomic E-state index is -0.955. The van der Waals surface area contributed by atoms with E-state index in [1.165, 1.54) is 0 Å². The van der Waals surface area contributed by atoms with Crippen LogP contribution in [-0.2, 0) is 14.4 Å². The maximum atomic E-state index is 11.8. The van der Waals surface area contributed by atoms with E-state index < -0.39 is 34.5 Å². The molecule has 1 unspecified atom stereocenters. The van der Waals surface area contributed by atoms with Gasteiger partial charge in [-0.3, -0.25) is 14.4 Å². The second-order valence-corrected chi connectivity index (χ2v) is 9.40. The van der Waals surface area contributed by atoms with Crippen molar-refractivity contribution in [2.75, 3.05) is 6.61 Å². The second-order valence-electron chi connectivity index (χ2n) is 9.40. The Labute approximate surface area is 156 Å². The number of rotatable bonds is 9. The normalized spacial score (nSPS) is 22.1. The first-order valence-corrected chi connectivity index (χ1v) is 9.26. The fourth-order valence-corrected chi connectivity index (χ4v) is 4.23. The molecule has 1 aliphatic rings. The third-order valence-corrected chi connectivity index (χ3v) is 4.96. The Morgan fingerprint density at radius 2 is 1.65 bits per heavy atom. The van der Waals surface area contributed by atoms with Crippen molar-refractivity contribution in [3.8, 4) is 0 Å². The molecule has 26 heavy (non-hydrogen) atoms. The number of aliphatic carboxylic acids is 2. The number of carbonyl (C=O) groups is 2. The Morgan fingerprint density at radius 1 is 1.15 bits per heavy atom. The van der Waals surface area contributed by atoms with Crippen LogP contribution in [0.2, 0.25) is 0 Å². The second kappa shape index (κ2) is 8.23. The summed E-state index contributed by atoms with van der Waals surface area (Å²) in [6, 6.07) is 0. The molecule has 0 saturated carbocycles. The largest absolute Gasteiger partial charge is 0.481 e. The average Bonchev–Trinajstić information content (AvgIpc) is 2.38. The molecule has 1 aliphatic heterocycles. The standard InChI is InChI=1S/C19H35NO6/c1-17(2)10-13(14(16(23)24)8-7-9-15(21)22)11-18(3,4)20(17)26-12-19(5,6)25/h13-14,25H,7-12H2,1-6H3,(H,21,22)(H,23,24). The number of carboxylic acids is 2. The number of hydrogen-bond acceptors (Lipinski definition) is 5. The molecule has 1 fully saturated rings. The highest BCUT2D eigenvalue weighted by atomic mass is 16.7. The molecule has 1 heterocycles. The summed E-state index contributed by atoms with van der Waals surface area (Å²) >= 11 is 0. The predicted octanol–water partition coefficient (Wildman–Crippen LogP) is 2.91. The minimum absolute atomic E-state index is 0.00982. The summed E-state index contributed by atoms with van der Waals surface area (Å²) in [6.45, 7) is 11.6. The Kier molecular flexibility index (Phi) is 7.24. The SMILES string of the molecule is CC(C)(O)CON1C(C)(C)CC(C(CCCC(=O)O)C(=O)O)CC1(C)C. The zero-order chi connectivity index (χ0) is 20.3. The fraction of sp³-hybridized carbons (Fsp3) is 0.895. The smallest absolute Gasteiger partial charge is 0.306 e. The molecule has 7 heteroatoms. The lowest BCUT2D eigenvalue weighted by atomic mass is 9.69. The number of nitrogens with zero attached hydrogens (tertiary/aromatic N) is 1. The van der Waals surface area contributed by atoms with E-state index in [2.05, 4.69) is 0 Å². The molecule has 152 valence electrons. The van der Waals surface area contributed by atoms with Gasteiger partial charge in [0.1, 0.15) is 0 Å². The maximum Gasteiger partial charge on any atom is 0.306 e. The van der Waals surface area contributed by atoms with Crippen LogP contribution >= 0.6 is 0 Å². The molecule has 0 radical (unpaired) electrons. The molecule has 1 rings (SSSR count). The summed E-state index contributed by atoms with van der Waals surface area (Å²) in [5, 5.41) is 30.4. The topological polar surface area (TPSA) is 107 Å². The van der Waals surface area contributed by atoms with Gasteiger partial charge in [0.15, 0.2) is 0 Å². The van der Waals surface area contributed by atoms with Crippen molar-refractivity contribution >= 4 is 11.9 Å². The van der Waals surface area contributed by atoms with Crippen LogP contribution in [0.15, 0.2) is 0 Å². The Morgan fingerprint density at radius 3 is 2.04 bits per heavy atom. The highest BCUT2D eigenvalue weighted by molar-refractivity contribution is 5.71. The van der Waals surface area contributed by atoms with Crippen molar-refractivity contribution in [3.05, 3.63) is 0 Å². The lowest BCUT2D eigenvalue weighted by molar-refractivity contribution is -0.304. The molecule has 3 N–H and O–H groups in total. The number of piperidine rings is 1. The summed E-state index contributed by atoms with van der Waals surface area (Å²) in [5.41, 5.74) is -1.76. The lowest BCUT2D eigenvalue weighted by Crippen LogP contribution is -2.62. The first kappa shape index (κ1) is 22.9. The highest BCUT2D eigenvalue weighted by Gasteiger charge is 2.49. The van der Waals surface area contributed by atoms with Crippen molar-refractivity contribution in [3.63, 3.8) is 0 Å². The van der Waals surface area contributed by atoms with Gasteiger partial charge in [-0.15, -0.1) is 0 Å². The molecule has 0 amide bonds. The number of hydroxylamine groups is 2. The molecule has 7 nitrogen and oxygen atoms in total. The molecule has 0 bridgehead atoms. The van der Waals surface area contributed by atoms with Gasteiger partial charge in [0.05, 0.1) is 18.1 Å². The van der Waals surface area contributed by atoms with Crippen LogP contribution < -0.4 is 0 Å². The van der Waals surface area contributed by atoms with Crippen molar-refractivity contribution in [1.82, 2.24) is 5.06 Å². The first-order valence-electron chi connectivity index (χ1n) is 9.26. The van der Waals surface area contributed by atoms with Gasteiger partial charge < -0.3 is 15.3 Å². The van der Waals surface area contributed by atoms with E-state index in [4.69, 9.17) is 9.94 Å². The summed E-state index contributed by atoms with van der Waals surface area (Å²) in [7, 11) is 0. The van der Waals surface area contributed by atoms with E-state index in [0.717, 1.165) is 0 Å². The van der Waals surface area contributed by atoms with E-state index in [0.29, 0.717) is 25.7 Å². The van der Waals surface area contributed by atoms with Gasteiger partial charge in [0, 0.05) is 17.5 Å². The van der Waals surface area contributed by atoms with E-state index in [-0.39, 0.29) is 18.9 Å². The molecular formula is C19H35NO6. The fourth-order valence-electron chi connectivity index (χ4n) is 4.23. The van der Waals surface area contributed by atoms with Crippen LogP contribution in [0.1, 0.15) is 73.6 Å². The number of aliphatic hydroxyl groups is 1. The Balaban J connectivity index is 2.91. The van der Waals surface area contributed by atoms with Gasteiger partial charge in [-0.05, 0) is 73.1 Å². The third-order valence-electron chi connectivity index (χ3n) is 4.96. The molecular weight excluding hydrogens is 338 g/mol. The van der Waals surface area contributed by atoms with Crippen LogP contribution in [0.4, 0.5) is 0 Å². The average molecular weight is 373 g/mol. The zero-order valence-corrected chi connectivity index (χ0v) is 16.9. The van der Waals surface area contributed by atoms with Crippen LogP contribution in [0, 0.1) is 11.8 Å². The van der Waals surface area contributed by atoms with E-state index >= 15 is 0 Å². The minimum Gasteiger partial charge on any atom is -0.481 e. The Bertz CT molecular complexity index is 491. The zero-order valence-electron chi connectivity index (χ0n) is 16.9. The van der Waals surface area contributed by atoms with E-state index in [1.54, 1.807) is 13.8 Å². The van der Waals surface area contributed by atoms with Crippen LogP contribution in [0.5, 0.6) is 0 Å². The summed E-state index contributed by atoms with van der Waals surface area (Å²) < 4.78 is 0. The Hall–Kier alpha value is -1.18. The summed E-state index contributed by atoms with van der Waals surface area (Å²) in [4.78, 5) is 28.5. The number of carboxylic acid groups (broad SMARTS) is 2. The summed E-state index contributed by atoms with van der Waals surface area (Å²) in [6.07, 6.45) is 1.98. The van der Waals surface area contributed by atoms with Crippen molar-refractivity contribution in [1.29, 1.82) is 0 Å². The predicted molar refractivity (Wildman–Crippen MR) is 97.6 cm³/mol. The molecule has 0 spiro atoms. The highest BCUT2D eigenvalue weighted by Crippen LogP contribution is 2.45. The third kappa shape index (κ3) is 6.52. The molecule has 1 atom stereocenters. The van der Waals surface area contributed by atoms with Crippen LogP contribution in [0.3, 0.4) is 0 Å². The van der Waals surface area contributed by atoms with E-state index in [9.17, 15) is 19.8 Å². The lowest BCUT2D eigenvalue weighted by Gasteiger charge is -2.55. The maximum absolute atomic E-state index is 11.8. The first-order chi connectivity index (χ1) is 11.7. The van der Waals surface area contributed by atoms with Crippen molar-refractivity contribution in [2.24, 2.45) is 11.8 Å². The quantitative estimate of drug-likeness (QED) is 0.570. The van der Waals surface area contributed by atoms with Crippen LogP contribution in [-0.4, -0.2) is 55.6 Å². The van der Waals surface area contributed by atoms with Crippen molar-refractivity contribution < 1.29 is 29.7 Å². The van der Waals surface area contributed by atoms with E-state index in [1.807, 2.05) is 32.8 Å².